The number of nitrogens with two attached hydrogens (primary N) is 3. The van der Waals surface area contributed by atoms with Crippen LogP contribution in [-0.4, -0.2) is 41.2 Å². The van der Waals surface area contributed by atoms with Crippen LogP contribution in [0.3, 0.4) is 0 Å². The minimum absolute atomic E-state index is 0.00753. The number of carboxylic acid groups (broad SMARTS) is 1. The number of hydrogen-bond donors (Lipinski definition) is 4. The molecule has 0 aliphatic rings. The van der Waals surface area contributed by atoms with E-state index in [-0.39, 0.29) is 5.96 Å². The van der Waals surface area contributed by atoms with Crippen molar-refractivity contribution in [1.82, 2.24) is 5.01 Å². The number of rotatable bonds is 6. The molecular formula is C8H19N5O2. The summed E-state index contributed by atoms with van der Waals surface area (Å²) in [5, 5.41) is 10.2. The Morgan fingerprint density at radius 2 is 2.07 bits per heavy atom. The maximum atomic E-state index is 11.0. The van der Waals surface area contributed by atoms with Gasteiger partial charge in [-0.2, -0.15) is 0 Å². The summed E-state index contributed by atoms with van der Waals surface area (Å²) in [6.07, 6.45) is 0.939. The summed E-state index contributed by atoms with van der Waals surface area (Å²) in [5.41, 5.74) is 9.19. The molecule has 0 amide bonds. The standard InChI is InChI=1S/C8H19N5O2/c1-8(6(14)15,13(2)11)4-3-5-12-7(9)10/h3-5,11H2,1-2H3,(H,14,15)(H4,9,10,12)/t8-/m0/s1. The lowest BCUT2D eigenvalue weighted by Gasteiger charge is -2.31. The molecule has 15 heavy (non-hydrogen) atoms. The van der Waals surface area contributed by atoms with Crippen molar-refractivity contribution < 1.29 is 9.90 Å². The largest absolute Gasteiger partial charge is 0.480 e. The third-order valence-electron chi connectivity index (χ3n) is 2.36. The highest BCUT2D eigenvalue weighted by Crippen LogP contribution is 2.17. The molecule has 0 radical (unpaired) electrons. The number of nitrogens with zero attached hydrogens (tertiary/aromatic N) is 2. The lowest BCUT2D eigenvalue weighted by molar-refractivity contribution is -0.150. The highest BCUT2D eigenvalue weighted by molar-refractivity contribution is 5.78. The van der Waals surface area contributed by atoms with E-state index < -0.39 is 11.5 Å². The zero-order valence-corrected chi connectivity index (χ0v) is 9.10. The van der Waals surface area contributed by atoms with Gasteiger partial charge in [0, 0.05) is 13.6 Å². The first-order valence-electron chi connectivity index (χ1n) is 4.58. The van der Waals surface area contributed by atoms with Crippen LogP contribution in [0.2, 0.25) is 0 Å². The lowest BCUT2D eigenvalue weighted by atomic mass is 9.95. The first-order chi connectivity index (χ1) is 6.80. The highest BCUT2D eigenvalue weighted by Gasteiger charge is 2.35. The Kier molecular flexibility index (Phi) is 5.03. The van der Waals surface area contributed by atoms with Crippen LogP contribution in [0, 0.1) is 0 Å². The van der Waals surface area contributed by atoms with Crippen LogP contribution < -0.4 is 17.3 Å². The molecule has 0 aliphatic heterocycles. The number of carboxylic acids is 1. The van der Waals surface area contributed by atoms with Crippen LogP contribution in [0.25, 0.3) is 0 Å². The summed E-state index contributed by atoms with van der Waals surface area (Å²) in [4.78, 5) is 14.8. The van der Waals surface area contributed by atoms with Crippen LogP contribution in [0.4, 0.5) is 0 Å². The third kappa shape index (κ3) is 4.13. The van der Waals surface area contributed by atoms with E-state index in [1.54, 1.807) is 6.92 Å². The molecule has 0 rings (SSSR count). The van der Waals surface area contributed by atoms with Gasteiger partial charge in [0.25, 0.3) is 0 Å². The first-order valence-corrected chi connectivity index (χ1v) is 4.58. The Morgan fingerprint density at radius 1 is 1.53 bits per heavy atom. The number of hydrogen-bond acceptors (Lipinski definition) is 4. The zero-order chi connectivity index (χ0) is 12.1. The number of aliphatic carboxylic acids is 1. The second kappa shape index (κ2) is 5.52. The summed E-state index contributed by atoms with van der Waals surface area (Å²) >= 11 is 0. The summed E-state index contributed by atoms with van der Waals surface area (Å²) < 4.78 is 0. The van der Waals surface area contributed by atoms with Gasteiger partial charge in [0.2, 0.25) is 0 Å². The normalized spacial score (nSPS) is 14.7. The predicted octanol–water partition coefficient (Wildman–Crippen LogP) is -1.31. The predicted molar refractivity (Wildman–Crippen MR) is 57.9 cm³/mol. The molecule has 0 fully saturated rings. The van der Waals surface area contributed by atoms with E-state index in [1.165, 1.54) is 12.1 Å². The molecule has 0 spiro atoms. The Morgan fingerprint density at radius 3 is 2.40 bits per heavy atom. The van der Waals surface area contributed by atoms with E-state index in [1.807, 2.05) is 0 Å². The number of hydrazine groups is 1. The van der Waals surface area contributed by atoms with Crippen LogP contribution in [0.5, 0.6) is 0 Å². The Balaban J connectivity index is 4.21. The van der Waals surface area contributed by atoms with Crippen LogP contribution in [0.1, 0.15) is 19.8 Å². The molecule has 88 valence electrons. The van der Waals surface area contributed by atoms with Gasteiger partial charge in [-0.25, -0.2) is 5.01 Å². The summed E-state index contributed by atoms with van der Waals surface area (Å²) in [6.45, 7) is 1.96. The van der Waals surface area contributed by atoms with Crippen molar-refractivity contribution in [3.63, 3.8) is 0 Å². The molecule has 7 nitrogen and oxygen atoms in total. The third-order valence-corrected chi connectivity index (χ3v) is 2.36. The van der Waals surface area contributed by atoms with Gasteiger partial charge in [-0.15, -0.1) is 0 Å². The van der Waals surface area contributed by atoms with E-state index in [2.05, 4.69) is 4.99 Å². The van der Waals surface area contributed by atoms with Gasteiger partial charge in [-0.1, -0.05) is 0 Å². The molecular weight excluding hydrogens is 198 g/mol. The highest BCUT2D eigenvalue weighted by atomic mass is 16.4. The molecule has 0 saturated carbocycles. The molecule has 0 heterocycles. The van der Waals surface area contributed by atoms with Crippen LogP contribution in [0.15, 0.2) is 4.99 Å². The number of carbonyl (C=O) groups is 1. The lowest BCUT2D eigenvalue weighted by Crippen LogP contribution is -2.54. The summed E-state index contributed by atoms with van der Waals surface area (Å²) in [5.74, 6) is 4.53. The fourth-order valence-electron chi connectivity index (χ4n) is 1.07. The van der Waals surface area contributed by atoms with Gasteiger partial charge in [0.05, 0.1) is 0 Å². The molecule has 0 aromatic rings. The minimum atomic E-state index is -1.08. The molecule has 0 aliphatic carbocycles. The van der Waals surface area contributed by atoms with Crippen molar-refractivity contribution in [2.45, 2.75) is 25.3 Å². The second-order valence-corrected chi connectivity index (χ2v) is 3.60. The maximum Gasteiger partial charge on any atom is 0.325 e. The monoisotopic (exact) mass is 217 g/mol. The molecule has 0 aromatic carbocycles. The molecule has 0 unspecified atom stereocenters. The van der Waals surface area contributed by atoms with Crippen molar-refractivity contribution in [3.05, 3.63) is 0 Å². The van der Waals surface area contributed by atoms with Crippen molar-refractivity contribution in [1.29, 1.82) is 0 Å². The van der Waals surface area contributed by atoms with Gasteiger partial charge < -0.3 is 16.6 Å². The Bertz CT molecular complexity index is 249. The van der Waals surface area contributed by atoms with Crippen molar-refractivity contribution >= 4 is 11.9 Å². The number of aliphatic imine (C=N–C) groups is 1. The maximum absolute atomic E-state index is 11.0. The first kappa shape index (κ1) is 13.7. The fraction of sp³-hybridized carbons (Fsp3) is 0.750. The van der Waals surface area contributed by atoms with Crippen molar-refractivity contribution in [2.75, 3.05) is 13.6 Å². The van der Waals surface area contributed by atoms with Crippen molar-refractivity contribution in [2.24, 2.45) is 22.3 Å². The van der Waals surface area contributed by atoms with Gasteiger partial charge in [0.15, 0.2) is 5.96 Å². The molecule has 7 N–H and O–H groups in total. The molecule has 0 saturated heterocycles. The van der Waals surface area contributed by atoms with Gasteiger partial charge in [-0.3, -0.25) is 15.6 Å². The van der Waals surface area contributed by atoms with E-state index in [0.29, 0.717) is 19.4 Å². The quantitative estimate of drug-likeness (QED) is 0.144. The number of guanidine groups is 1. The minimum Gasteiger partial charge on any atom is -0.480 e. The summed E-state index contributed by atoms with van der Waals surface area (Å²) in [7, 11) is 1.52. The van der Waals surface area contributed by atoms with Crippen LogP contribution in [-0.2, 0) is 4.79 Å². The van der Waals surface area contributed by atoms with E-state index in [9.17, 15) is 4.79 Å². The van der Waals surface area contributed by atoms with Gasteiger partial charge in [0.1, 0.15) is 5.54 Å². The van der Waals surface area contributed by atoms with E-state index >= 15 is 0 Å². The Hall–Kier alpha value is -1.34. The molecule has 7 heteroatoms. The second-order valence-electron chi connectivity index (χ2n) is 3.60. The van der Waals surface area contributed by atoms with Gasteiger partial charge in [-0.05, 0) is 19.8 Å². The molecule has 1 atom stereocenters. The Labute approximate surface area is 88.9 Å². The van der Waals surface area contributed by atoms with E-state index in [4.69, 9.17) is 22.4 Å². The van der Waals surface area contributed by atoms with Gasteiger partial charge >= 0.3 is 5.97 Å². The van der Waals surface area contributed by atoms with E-state index in [0.717, 1.165) is 0 Å². The smallest absolute Gasteiger partial charge is 0.325 e. The molecule has 0 bridgehead atoms. The fourth-order valence-corrected chi connectivity index (χ4v) is 1.07. The molecule has 0 aromatic heterocycles. The van der Waals surface area contributed by atoms with Crippen LogP contribution >= 0.6 is 0 Å². The topological polar surface area (TPSA) is 131 Å². The summed E-state index contributed by atoms with van der Waals surface area (Å²) in [6, 6.07) is 0. The average Bonchev–Trinajstić information content (AvgIpc) is 2.10. The number of likely N-dealkylation sites (N-methyl/N-ethyl adjacent to an activating group) is 1. The van der Waals surface area contributed by atoms with Crippen molar-refractivity contribution in [3.8, 4) is 0 Å². The zero-order valence-electron chi connectivity index (χ0n) is 9.10. The average molecular weight is 217 g/mol. The SMILES string of the molecule is CN(N)[C@@](C)(CCCN=C(N)N)C(=O)O.